The third kappa shape index (κ3) is 15.2. The molecule has 3 aromatic carbocycles. The van der Waals surface area contributed by atoms with Gasteiger partial charge in [-0.2, -0.15) is 36.4 Å². The molecular weight excluding hydrogens is 675 g/mol. The normalized spacial score (nSPS) is 12.1. The van der Waals surface area contributed by atoms with E-state index in [1.165, 1.54) is 48.5 Å². The van der Waals surface area contributed by atoms with Gasteiger partial charge in [-0.25, -0.2) is 0 Å². The topological polar surface area (TPSA) is 138 Å². The molecule has 11 nitrogen and oxygen atoms in total. The fourth-order valence-corrected chi connectivity index (χ4v) is 6.92. The van der Waals surface area contributed by atoms with Crippen LogP contribution in [0.3, 0.4) is 0 Å². The van der Waals surface area contributed by atoms with Gasteiger partial charge in [0, 0.05) is 13.1 Å². The second-order valence-electron chi connectivity index (χ2n) is 12.1. The van der Waals surface area contributed by atoms with E-state index in [9.17, 15) is 16.8 Å². The third-order valence-corrected chi connectivity index (χ3v) is 10.4. The van der Waals surface area contributed by atoms with Crippen molar-refractivity contribution in [3.05, 3.63) is 78.9 Å². The van der Waals surface area contributed by atoms with Gasteiger partial charge >= 0.3 is 28.8 Å². The maximum Gasteiger partial charge on any atom is 0.530 e. The lowest BCUT2D eigenvalue weighted by Crippen LogP contribution is -2.21. The Labute approximate surface area is 287 Å². The van der Waals surface area contributed by atoms with Crippen LogP contribution in [0, 0.1) is 11.8 Å². The quantitative estimate of drug-likeness (QED) is 0.0524. The Balaban J connectivity index is 1.56. The van der Waals surface area contributed by atoms with Gasteiger partial charge in [0.25, 0.3) is 0 Å². The predicted molar refractivity (Wildman–Crippen MR) is 187 cm³/mol. The average molecular weight is 725 g/mol. The van der Waals surface area contributed by atoms with Crippen LogP contribution in [0.15, 0.2) is 88.7 Å². The predicted octanol–water partition coefficient (Wildman–Crippen LogP) is 8.30. The molecule has 0 aliphatic rings. The zero-order valence-electron chi connectivity index (χ0n) is 28.2. The molecule has 3 aromatic rings. The minimum atomic E-state index is -4.03. The van der Waals surface area contributed by atoms with Gasteiger partial charge in [0.15, 0.2) is 0 Å². The van der Waals surface area contributed by atoms with Crippen molar-refractivity contribution < 1.29 is 39.0 Å². The fourth-order valence-electron chi connectivity index (χ4n) is 4.32. The fraction of sp³-hybridized carbons (Fsp3) is 0.471. The minimum Gasteiger partial charge on any atom is -0.409 e. The van der Waals surface area contributed by atoms with E-state index in [4.69, 9.17) is 22.1 Å². The van der Waals surface area contributed by atoms with Crippen molar-refractivity contribution in [1.29, 1.82) is 0 Å². The standard InChI is InChI=1S/C34H49N2O9PS2/c1-28(2)14-8-6-12-26-35-44-47(37,38)33-22-18-31(19-23-33)42-46(41-30-16-10-5-11-17-30)43-32-20-24-34(25-21-32)48(39,40)45-36-27-13-7-9-15-29(3)4/h5,10-11,16-25,28-29,35-36H,6-9,12-15,26-27H2,1-4H3. The van der Waals surface area contributed by atoms with Gasteiger partial charge in [-0.05, 0) is 85.3 Å². The van der Waals surface area contributed by atoms with Gasteiger partial charge in [0.05, 0.1) is 9.79 Å². The van der Waals surface area contributed by atoms with Crippen molar-refractivity contribution in [3.63, 3.8) is 0 Å². The minimum absolute atomic E-state index is 0.0454. The largest absolute Gasteiger partial charge is 0.530 e. The lowest BCUT2D eigenvalue weighted by Gasteiger charge is -2.18. The van der Waals surface area contributed by atoms with Gasteiger partial charge < -0.3 is 13.6 Å². The molecule has 0 aliphatic heterocycles. The Morgan fingerprint density at radius 2 is 0.896 bits per heavy atom. The first kappa shape index (κ1) is 39.7. The van der Waals surface area contributed by atoms with E-state index < -0.39 is 28.8 Å². The number of unbranched alkanes of at least 4 members (excludes halogenated alkanes) is 4. The molecule has 14 heteroatoms. The monoisotopic (exact) mass is 724 g/mol. The molecule has 0 fully saturated rings. The summed E-state index contributed by atoms with van der Waals surface area (Å²) in [5.74, 6) is 2.35. The van der Waals surface area contributed by atoms with Crippen LogP contribution in [0.25, 0.3) is 0 Å². The van der Waals surface area contributed by atoms with E-state index in [1.54, 1.807) is 24.3 Å². The van der Waals surface area contributed by atoms with Crippen molar-refractivity contribution in [2.45, 2.75) is 88.9 Å². The average Bonchev–Trinajstić information content (AvgIpc) is 3.04. The lowest BCUT2D eigenvalue weighted by molar-refractivity contribution is 0.200. The smallest absolute Gasteiger partial charge is 0.409 e. The van der Waals surface area contributed by atoms with Crippen LogP contribution in [0.4, 0.5) is 0 Å². The molecule has 266 valence electrons. The second kappa shape index (κ2) is 20.7. The zero-order valence-corrected chi connectivity index (χ0v) is 30.7. The number of hydroxylamine groups is 2. The molecule has 3 rings (SSSR count). The summed E-state index contributed by atoms with van der Waals surface area (Å²) in [5.41, 5.74) is 5.09. The van der Waals surface area contributed by atoms with E-state index in [0.29, 0.717) is 30.7 Å². The Morgan fingerprint density at radius 3 is 1.27 bits per heavy atom. The molecule has 0 radical (unpaired) electrons. The second-order valence-corrected chi connectivity index (χ2v) is 16.2. The summed E-state index contributed by atoms with van der Waals surface area (Å²) < 4.78 is 78.4. The highest BCUT2D eigenvalue weighted by atomic mass is 32.2. The van der Waals surface area contributed by atoms with Gasteiger partial charge in [-0.15, -0.1) is 0 Å². The molecule has 0 saturated heterocycles. The molecule has 0 amide bonds. The summed E-state index contributed by atoms with van der Waals surface area (Å²) in [6.07, 6.45) is 8.06. The van der Waals surface area contributed by atoms with E-state index in [-0.39, 0.29) is 21.3 Å². The summed E-state index contributed by atoms with van der Waals surface area (Å²) in [4.78, 5) is -0.0907. The highest BCUT2D eigenvalue weighted by Gasteiger charge is 2.22. The highest BCUT2D eigenvalue weighted by molar-refractivity contribution is 7.87. The molecular formula is C34H49N2O9PS2. The van der Waals surface area contributed by atoms with Gasteiger partial charge in [0.1, 0.15) is 17.2 Å². The van der Waals surface area contributed by atoms with Crippen LogP contribution in [0.1, 0.15) is 79.1 Å². The summed E-state index contributed by atoms with van der Waals surface area (Å²) in [5, 5.41) is 0. The maximum absolute atomic E-state index is 12.6. The first-order valence-corrected chi connectivity index (χ1v) is 20.3. The van der Waals surface area contributed by atoms with E-state index in [2.05, 4.69) is 38.7 Å². The summed E-state index contributed by atoms with van der Waals surface area (Å²) >= 11 is 0. The number of benzene rings is 3. The van der Waals surface area contributed by atoms with Crippen LogP contribution >= 0.6 is 8.60 Å². The molecule has 0 aromatic heterocycles. The van der Waals surface area contributed by atoms with Crippen LogP contribution in [0.2, 0.25) is 0 Å². The molecule has 0 aliphatic carbocycles. The number of hydrogen-bond acceptors (Lipinski definition) is 11. The van der Waals surface area contributed by atoms with E-state index in [1.807, 2.05) is 6.07 Å². The van der Waals surface area contributed by atoms with Crippen molar-refractivity contribution in [2.24, 2.45) is 11.8 Å². The number of para-hydroxylation sites is 1. The Kier molecular flexibility index (Phi) is 17.1. The number of rotatable bonds is 24. The van der Waals surface area contributed by atoms with Crippen LogP contribution in [-0.2, 0) is 28.8 Å². The third-order valence-electron chi connectivity index (χ3n) is 6.97. The van der Waals surface area contributed by atoms with Gasteiger partial charge in [-0.3, -0.25) is 0 Å². The van der Waals surface area contributed by atoms with Crippen LogP contribution in [-0.4, -0.2) is 29.9 Å². The van der Waals surface area contributed by atoms with Crippen molar-refractivity contribution >= 4 is 28.8 Å². The van der Waals surface area contributed by atoms with E-state index >= 15 is 0 Å². The van der Waals surface area contributed by atoms with Crippen molar-refractivity contribution in [3.8, 4) is 17.2 Å². The number of nitrogens with one attached hydrogen (secondary N) is 2. The molecule has 0 atom stereocenters. The molecule has 48 heavy (non-hydrogen) atoms. The number of hydrogen-bond donors (Lipinski definition) is 2. The lowest BCUT2D eigenvalue weighted by atomic mass is 10.1. The van der Waals surface area contributed by atoms with Crippen molar-refractivity contribution in [1.82, 2.24) is 11.0 Å². The molecule has 0 spiro atoms. The highest BCUT2D eigenvalue weighted by Crippen LogP contribution is 2.42. The SMILES string of the molecule is CC(C)CCCCCNOS(=O)(=O)c1ccc(OP(Oc2ccccc2)Oc2ccc(S(=O)(=O)ONCCCCCC(C)C)cc2)cc1. The van der Waals surface area contributed by atoms with Crippen molar-refractivity contribution in [2.75, 3.05) is 13.1 Å². The molecule has 0 heterocycles. The first-order chi connectivity index (χ1) is 22.9. The Hall–Kier alpha value is -2.77. The van der Waals surface area contributed by atoms with Gasteiger partial charge in [-0.1, -0.05) is 84.4 Å². The van der Waals surface area contributed by atoms with E-state index in [0.717, 1.165) is 51.4 Å². The molecule has 0 saturated carbocycles. The molecule has 0 bridgehead atoms. The zero-order chi connectivity index (χ0) is 34.8. The Morgan fingerprint density at radius 1 is 0.521 bits per heavy atom. The maximum atomic E-state index is 12.6. The van der Waals surface area contributed by atoms with Gasteiger partial charge in [0.2, 0.25) is 0 Å². The molecule has 0 unspecified atom stereocenters. The molecule has 2 N–H and O–H groups in total. The Bertz CT molecular complexity index is 1440. The van der Waals surface area contributed by atoms with Crippen LogP contribution < -0.4 is 24.5 Å². The summed E-state index contributed by atoms with van der Waals surface area (Å²) in [6.45, 7) is 9.55. The summed E-state index contributed by atoms with van der Waals surface area (Å²) in [7, 11) is -10.1. The van der Waals surface area contributed by atoms with Crippen LogP contribution in [0.5, 0.6) is 17.2 Å². The first-order valence-electron chi connectivity index (χ1n) is 16.4. The summed E-state index contributed by atoms with van der Waals surface area (Å²) in [6, 6.07) is 20.2.